The topological polar surface area (TPSA) is 64.7 Å². The molecule has 3 heterocycles. The molecule has 0 saturated carbocycles. The first-order chi connectivity index (χ1) is 10.9. The average molecular weight is 326 g/mol. The molecular weight excluding hydrogens is 316 g/mol. The van der Waals surface area contributed by atoms with Crippen LogP contribution in [0.15, 0.2) is 57.7 Å². The van der Waals surface area contributed by atoms with Crippen molar-refractivity contribution in [2.75, 3.05) is 0 Å². The maximum Gasteiger partial charge on any atom is 0.237 e. The molecule has 3 aromatic heterocycles. The lowest BCUT2D eigenvalue weighted by atomic mass is 10.2. The molecule has 0 aliphatic heterocycles. The first-order valence-electron chi connectivity index (χ1n) is 6.59. The van der Waals surface area contributed by atoms with Gasteiger partial charge in [-0.05, 0) is 11.4 Å². The molecule has 7 heteroatoms. The standard InChI is InChI=1S/C15H10N4OS2/c1-2-4-10(5-3-1)14-18-12(20-19-14)8-22-15-13-11(6-7-21-13)16-9-17-15/h1-7,9H,8H2. The SMILES string of the molecule is c1ccc(-c2noc(CSc3ncnc4ccsc34)n2)cc1. The Bertz CT molecular complexity index is 904. The van der Waals surface area contributed by atoms with Gasteiger partial charge in [-0.25, -0.2) is 9.97 Å². The minimum absolute atomic E-state index is 0.587. The summed E-state index contributed by atoms with van der Waals surface area (Å²) < 4.78 is 6.41. The van der Waals surface area contributed by atoms with E-state index in [0.717, 1.165) is 20.8 Å². The predicted molar refractivity (Wildman–Crippen MR) is 86.7 cm³/mol. The molecule has 5 nitrogen and oxygen atoms in total. The summed E-state index contributed by atoms with van der Waals surface area (Å²) in [5, 5.41) is 6.98. The average Bonchev–Trinajstić information content (AvgIpc) is 3.23. The van der Waals surface area contributed by atoms with Gasteiger partial charge in [-0.15, -0.1) is 11.3 Å². The Labute approximate surface area is 134 Å². The number of thiophene rings is 1. The monoisotopic (exact) mass is 326 g/mol. The summed E-state index contributed by atoms with van der Waals surface area (Å²) in [6.45, 7) is 0. The van der Waals surface area contributed by atoms with Crippen molar-refractivity contribution >= 4 is 33.3 Å². The second kappa shape index (κ2) is 5.86. The minimum Gasteiger partial charge on any atom is -0.338 e. The zero-order valence-corrected chi connectivity index (χ0v) is 13.0. The largest absolute Gasteiger partial charge is 0.338 e. The Hall–Kier alpha value is -2.25. The predicted octanol–water partition coefficient (Wildman–Crippen LogP) is 4.03. The van der Waals surface area contributed by atoms with Crippen molar-refractivity contribution in [2.45, 2.75) is 10.8 Å². The first kappa shape index (κ1) is 13.4. The Morgan fingerprint density at radius 1 is 1.09 bits per heavy atom. The van der Waals surface area contributed by atoms with Gasteiger partial charge in [0.2, 0.25) is 11.7 Å². The van der Waals surface area contributed by atoms with Crippen LogP contribution >= 0.6 is 23.1 Å². The maximum absolute atomic E-state index is 5.31. The highest BCUT2D eigenvalue weighted by atomic mass is 32.2. The molecule has 0 fully saturated rings. The molecule has 0 unspecified atom stereocenters. The van der Waals surface area contributed by atoms with Crippen LogP contribution in [0.2, 0.25) is 0 Å². The molecule has 0 spiro atoms. The number of aromatic nitrogens is 4. The van der Waals surface area contributed by atoms with Gasteiger partial charge in [-0.2, -0.15) is 4.98 Å². The van der Waals surface area contributed by atoms with Crippen LogP contribution in [-0.2, 0) is 5.75 Å². The van der Waals surface area contributed by atoms with Gasteiger partial charge in [0.05, 0.1) is 16.0 Å². The highest BCUT2D eigenvalue weighted by Crippen LogP contribution is 2.30. The van der Waals surface area contributed by atoms with Gasteiger partial charge in [0.25, 0.3) is 0 Å². The molecular formula is C15H10N4OS2. The number of nitrogens with zero attached hydrogens (tertiary/aromatic N) is 4. The van der Waals surface area contributed by atoms with E-state index in [0.29, 0.717) is 17.5 Å². The number of hydrogen-bond acceptors (Lipinski definition) is 7. The molecule has 4 rings (SSSR count). The molecule has 0 aliphatic carbocycles. The van der Waals surface area contributed by atoms with Gasteiger partial charge in [0.15, 0.2) is 0 Å². The number of rotatable bonds is 4. The highest BCUT2D eigenvalue weighted by Gasteiger charge is 2.11. The van der Waals surface area contributed by atoms with Gasteiger partial charge in [0.1, 0.15) is 11.4 Å². The van der Waals surface area contributed by atoms with Gasteiger partial charge in [0, 0.05) is 5.56 Å². The number of thioether (sulfide) groups is 1. The van der Waals surface area contributed by atoms with E-state index in [1.54, 1.807) is 29.4 Å². The van der Waals surface area contributed by atoms with Gasteiger partial charge in [-0.1, -0.05) is 47.3 Å². The van der Waals surface area contributed by atoms with Crippen LogP contribution in [0.4, 0.5) is 0 Å². The lowest BCUT2D eigenvalue weighted by Crippen LogP contribution is -1.86. The molecule has 108 valence electrons. The zero-order chi connectivity index (χ0) is 14.8. The second-order valence-electron chi connectivity index (χ2n) is 4.48. The molecule has 0 bridgehead atoms. The quantitative estimate of drug-likeness (QED) is 0.417. The molecule has 0 aliphatic rings. The third-order valence-electron chi connectivity index (χ3n) is 3.04. The fraction of sp³-hybridized carbons (Fsp3) is 0.0667. The normalized spacial score (nSPS) is 11.1. The van der Waals surface area contributed by atoms with Crippen LogP contribution in [0.3, 0.4) is 0 Å². The molecule has 0 N–H and O–H groups in total. The molecule has 0 radical (unpaired) electrons. The molecule has 22 heavy (non-hydrogen) atoms. The molecule has 0 atom stereocenters. The van der Waals surface area contributed by atoms with E-state index in [2.05, 4.69) is 20.1 Å². The number of benzene rings is 1. The van der Waals surface area contributed by atoms with Crippen molar-refractivity contribution in [2.24, 2.45) is 0 Å². The van der Waals surface area contributed by atoms with Crippen LogP contribution in [0.1, 0.15) is 5.89 Å². The van der Waals surface area contributed by atoms with Crippen molar-refractivity contribution in [3.05, 3.63) is 54.0 Å². The van der Waals surface area contributed by atoms with Crippen LogP contribution in [0.25, 0.3) is 21.6 Å². The van der Waals surface area contributed by atoms with E-state index in [4.69, 9.17) is 4.52 Å². The van der Waals surface area contributed by atoms with Gasteiger partial charge in [-0.3, -0.25) is 0 Å². The molecule has 0 amide bonds. The van der Waals surface area contributed by atoms with Crippen LogP contribution in [0, 0.1) is 0 Å². The van der Waals surface area contributed by atoms with Crippen molar-refractivity contribution in [1.82, 2.24) is 20.1 Å². The number of fused-ring (bicyclic) bond motifs is 1. The molecule has 1 aromatic carbocycles. The van der Waals surface area contributed by atoms with Gasteiger partial charge < -0.3 is 4.52 Å². The van der Waals surface area contributed by atoms with Crippen LogP contribution in [0.5, 0.6) is 0 Å². The summed E-state index contributed by atoms with van der Waals surface area (Å²) in [4.78, 5) is 13.0. The third-order valence-corrected chi connectivity index (χ3v) is 5.06. The summed E-state index contributed by atoms with van der Waals surface area (Å²) in [6, 6.07) is 11.8. The van der Waals surface area contributed by atoms with Gasteiger partial charge >= 0.3 is 0 Å². The van der Waals surface area contributed by atoms with E-state index in [-0.39, 0.29) is 0 Å². The second-order valence-corrected chi connectivity index (χ2v) is 6.36. The van der Waals surface area contributed by atoms with E-state index < -0.39 is 0 Å². The van der Waals surface area contributed by atoms with Crippen molar-refractivity contribution in [3.8, 4) is 11.4 Å². The Morgan fingerprint density at radius 3 is 2.91 bits per heavy atom. The molecule has 4 aromatic rings. The summed E-state index contributed by atoms with van der Waals surface area (Å²) in [5.74, 6) is 1.79. The Kier molecular flexibility index (Phi) is 3.57. The van der Waals surface area contributed by atoms with E-state index in [1.165, 1.54) is 0 Å². The van der Waals surface area contributed by atoms with Crippen LogP contribution < -0.4 is 0 Å². The maximum atomic E-state index is 5.31. The fourth-order valence-corrected chi connectivity index (χ4v) is 3.80. The van der Waals surface area contributed by atoms with Crippen molar-refractivity contribution in [1.29, 1.82) is 0 Å². The lowest BCUT2D eigenvalue weighted by Gasteiger charge is -1.98. The smallest absolute Gasteiger partial charge is 0.237 e. The number of hydrogen-bond donors (Lipinski definition) is 0. The van der Waals surface area contributed by atoms with E-state index in [9.17, 15) is 0 Å². The molecule has 0 saturated heterocycles. The van der Waals surface area contributed by atoms with E-state index in [1.807, 2.05) is 41.8 Å². The summed E-state index contributed by atoms with van der Waals surface area (Å²) >= 11 is 3.22. The summed E-state index contributed by atoms with van der Waals surface area (Å²) in [5.41, 5.74) is 1.92. The lowest BCUT2D eigenvalue weighted by molar-refractivity contribution is 0.391. The van der Waals surface area contributed by atoms with Crippen molar-refractivity contribution in [3.63, 3.8) is 0 Å². The van der Waals surface area contributed by atoms with Crippen molar-refractivity contribution < 1.29 is 4.52 Å². The van der Waals surface area contributed by atoms with E-state index >= 15 is 0 Å². The highest BCUT2D eigenvalue weighted by molar-refractivity contribution is 7.98. The minimum atomic E-state index is 0.587. The Balaban J connectivity index is 1.53. The van der Waals surface area contributed by atoms with Crippen LogP contribution in [-0.4, -0.2) is 20.1 Å². The fourth-order valence-electron chi connectivity index (χ4n) is 2.02. The summed E-state index contributed by atoms with van der Waals surface area (Å²) in [6.07, 6.45) is 1.58. The third kappa shape index (κ3) is 2.60. The summed E-state index contributed by atoms with van der Waals surface area (Å²) in [7, 11) is 0. The zero-order valence-electron chi connectivity index (χ0n) is 11.3. The Morgan fingerprint density at radius 2 is 2.00 bits per heavy atom. The first-order valence-corrected chi connectivity index (χ1v) is 8.46.